The maximum atomic E-state index is 9.00. The Hall–Kier alpha value is -0.220. The predicted octanol–water partition coefficient (Wildman–Crippen LogP) is 0.704. The molecule has 50 valence electrons. The second-order valence-electron chi connectivity index (χ2n) is 0.974. The van der Waals surface area contributed by atoms with Gasteiger partial charge >= 0.3 is 0 Å². The van der Waals surface area contributed by atoms with Gasteiger partial charge in [-0.1, -0.05) is 18.9 Å². The molecule has 4 heteroatoms. The zero-order valence-corrected chi connectivity index (χ0v) is 5.86. The Morgan fingerprint density at radius 1 is 1.88 bits per heavy atom. The Kier molecular flexibility index (Phi) is 13.3. The molecule has 0 atom stereocenters. The van der Waals surface area contributed by atoms with Gasteiger partial charge in [0.15, 0.2) is 0 Å². The number of carboxylic acids is 1. The van der Waals surface area contributed by atoms with Gasteiger partial charge in [0.25, 0.3) is 5.97 Å². The highest BCUT2D eigenvalue weighted by Crippen LogP contribution is 1.76. The third-order valence-corrected chi connectivity index (χ3v) is 0.500. The summed E-state index contributed by atoms with van der Waals surface area (Å²) in [5.41, 5.74) is 0. The average Bonchev–Trinajstić information content (AvgIpc) is 1.65. The van der Waals surface area contributed by atoms with Crippen LogP contribution in [0.15, 0.2) is 0 Å². The fourth-order valence-electron chi connectivity index (χ4n) is 0. The largest absolute Gasteiger partial charge is 0.481 e. The number of aliphatic carboxylic acids is 1. The van der Waals surface area contributed by atoms with Crippen molar-refractivity contribution in [2.75, 3.05) is 5.75 Å². The molecule has 0 bridgehead atoms. The smallest absolute Gasteiger partial charge is 0.300 e. The van der Waals surface area contributed by atoms with Crippen molar-refractivity contribution in [3.63, 3.8) is 0 Å². The van der Waals surface area contributed by atoms with Gasteiger partial charge in [0.2, 0.25) is 0 Å². The molecule has 0 spiro atoms. The van der Waals surface area contributed by atoms with Crippen molar-refractivity contribution >= 4 is 17.9 Å². The average molecular weight is 137 g/mol. The predicted molar refractivity (Wildman–Crippen MR) is 35.6 cm³/mol. The maximum absolute atomic E-state index is 9.00. The molecule has 0 fully saturated rings. The zero-order chi connectivity index (χ0) is 6.99. The van der Waals surface area contributed by atoms with E-state index in [1.54, 1.807) is 0 Å². The molecule has 0 aliphatic heterocycles. The summed E-state index contributed by atoms with van der Waals surface area (Å²) in [6.07, 6.45) is 0. The lowest BCUT2D eigenvalue weighted by atomic mass is 10.9. The first-order chi connectivity index (χ1) is 3.65. The summed E-state index contributed by atoms with van der Waals surface area (Å²) < 4.78 is 0. The lowest BCUT2D eigenvalue weighted by molar-refractivity contribution is -0.134. The summed E-state index contributed by atoms with van der Waals surface area (Å²) >= 11 is 1.36. The molecule has 3 N–H and O–H groups in total. The van der Waals surface area contributed by atoms with Crippen LogP contribution in [0.4, 0.5) is 0 Å². The molecule has 0 aliphatic rings. The first kappa shape index (κ1) is 10.7. The fraction of sp³-hybridized carbons (Fsp3) is 0.750. The Balaban J connectivity index is 0. The number of hydrogen-bond donors (Lipinski definition) is 2. The molecule has 0 rings (SSSR count). The van der Waals surface area contributed by atoms with Crippen molar-refractivity contribution in [3.8, 4) is 0 Å². The van der Waals surface area contributed by atoms with E-state index in [-0.39, 0.29) is 0 Å². The van der Waals surface area contributed by atoms with Gasteiger partial charge in [0.05, 0.1) is 0 Å². The van der Waals surface area contributed by atoms with Crippen LogP contribution >= 0.6 is 11.9 Å². The van der Waals surface area contributed by atoms with Gasteiger partial charge in [0, 0.05) is 12.7 Å². The van der Waals surface area contributed by atoms with Crippen LogP contribution in [0.1, 0.15) is 13.8 Å². The molecule has 0 aliphatic carbocycles. The molecule has 0 saturated carbocycles. The van der Waals surface area contributed by atoms with E-state index in [0.29, 0.717) is 0 Å². The van der Waals surface area contributed by atoms with Crippen molar-refractivity contribution in [2.45, 2.75) is 13.8 Å². The molecule has 0 radical (unpaired) electrons. The minimum atomic E-state index is -0.833. The summed E-state index contributed by atoms with van der Waals surface area (Å²) in [5, 5.41) is 12.4. The molecular formula is C4H11NO2S. The normalized spacial score (nSPS) is 6.88. The van der Waals surface area contributed by atoms with Crippen LogP contribution in [0, 0.1) is 0 Å². The summed E-state index contributed by atoms with van der Waals surface area (Å²) in [6.45, 7) is 3.10. The third kappa shape index (κ3) is 217. The van der Waals surface area contributed by atoms with Crippen LogP contribution in [0.3, 0.4) is 0 Å². The van der Waals surface area contributed by atoms with E-state index in [2.05, 4.69) is 0 Å². The van der Waals surface area contributed by atoms with Gasteiger partial charge in [-0.05, 0) is 0 Å². The van der Waals surface area contributed by atoms with Crippen molar-refractivity contribution in [1.29, 1.82) is 0 Å². The van der Waals surface area contributed by atoms with Crippen LogP contribution in [0.5, 0.6) is 0 Å². The van der Waals surface area contributed by atoms with Gasteiger partial charge in [0.1, 0.15) is 0 Å². The third-order valence-electron chi connectivity index (χ3n) is 0.167. The van der Waals surface area contributed by atoms with Crippen LogP contribution in [0.25, 0.3) is 0 Å². The van der Waals surface area contributed by atoms with Gasteiger partial charge in [-0.3, -0.25) is 9.93 Å². The highest BCUT2D eigenvalue weighted by atomic mass is 32.2. The molecule has 0 heterocycles. The summed E-state index contributed by atoms with van der Waals surface area (Å²) in [4.78, 5) is 9.00. The zero-order valence-electron chi connectivity index (χ0n) is 5.05. The van der Waals surface area contributed by atoms with E-state index in [1.165, 1.54) is 11.9 Å². The Labute approximate surface area is 53.4 Å². The monoisotopic (exact) mass is 137 g/mol. The second kappa shape index (κ2) is 9.91. The van der Waals surface area contributed by atoms with E-state index in [9.17, 15) is 0 Å². The van der Waals surface area contributed by atoms with Gasteiger partial charge in [-0.2, -0.15) is 0 Å². The molecule has 0 amide bonds. The van der Waals surface area contributed by atoms with Gasteiger partial charge in [-0.25, -0.2) is 0 Å². The van der Waals surface area contributed by atoms with Crippen molar-refractivity contribution < 1.29 is 9.90 Å². The Morgan fingerprint density at radius 2 is 2.00 bits per heavy atom. The van der Waals surface area contributed by atoms with E-state index in [4.69, 9.17) is 15.0 Å². The number of carbonyl (C=O) groups is 1. The molecule has 3 nitrogen and oxygen atoms in total. The second-order valence-corrected chi connectivity index (χ2v) is 1.89. The Morgan fingerprint density at radius 3 is 2.00 bits per heavy atom. The quantitative estimate of drug-likeness (QED) is 0.522. The molecule has 8 heavy (non-hydrogen) atoms. The van der Waals surface area contributed by atoms with Crippen LogP contribution < -0.4 is 5.14 Å². The number of nitrogens with two attached hydrogens (primary N) is 1. The van der Waals surface area contributed by atoms with Gasteiger partial charge in [-0.15, -0.1) is 0 Å². The maximum Gasteiger partial charge on any atom is 0.300 e. The van der Waals surface area contributed by atoms with Crippen molar-refractivity contribution in [2.24, 2.45) is 5.14 Å². The Bertz CT molecular complexity index is 52.0. The first-order valence-electron chi connectivity index (χ1n) is 2.16. The lowest BCUT2D eigenvalue weighted by Crippen LogP contribution is -1.78. The van der Waals surface area contributed by atoms with Crippen molar-refractivity contribution in [3.05, 3.63) is 0 Å². The van der Waals surface area contributed by atoms with Crippen LogP contribution in [0.2, 0.25) is 0 Å². The highest BCUT2D eigenvalue weighted by molar-refractivity contribution is 7.97. The summed E-state index contributed by atoms with van der Waals surface area (Å²) in [7, 11) is 0. The van der Waals surface area contributed by atoms with E-state index in [1.807, 2.05) is 6.92 Å². The minimum Gasteiger partial charge on any atom is -0.481 e. The number of rotatable bonds is 1. The first-order valence-corrected chi connectivity index (χ1v) is 3.21. The minimum absolute atomic E-state index is 0.833. The van der Waals surface area contributed by atoms with Crippen molar-refractivity contribution in [1.82, 2.24) is 0 Å². The highest BCUT2D eigenvalue weighted by Gasteiger charge is 1.65. The van der Waals surface area contributed by atoms with Crippen LogP contribution in [-0.2, 0) is 4.79 Å². The summed E-state index contributed by atoms with van der Waals surface area (Å²) in [5.74, 6) is 0.181. The molecular weight excluding hydrogens is 126 g/mol. The topological polar surface area (TPSA) is 63.3 Å². The molecule has 0 aromatic heterocycles. The SMILES string of the molecule is CC(=O)O.CCSN. The molecule has 0 unspecified atom stereocenters. The molecule has 0 aromatic carbocycles. The fourth-order valence-corrected chi connectivity index (χ4v) is 0. The number of carboxylic acid groups (broad SMARTS) is 1. The molecule has 0 saturated heterocycles. The lowest BCUT2D eigenvalue weighted by Gasteiger charge is -1.70. The van der Waals surface area contributed by atoms with Gasteiger partial charge < -0.3 is 5.11 Å². The number of hydrogen-bond acceptors (Lipinski definition) is 3. The molecule has 0 aromatic rings. The van der Waals surface area contributed by atoms with E-state index < -0.39 is 5.97 Å². The van der Waals surface area contributed by atoms with Crippen LogP contribution in [-0.4, -0.2) is 16.8 Å². The van der Waals surface area contributed by atoms with E-state index >= 15 is 0 Å². The standard InChI is InChI=1S/C2H7NS.C2H4O2/c1-2-4-3;1-2(3)4/h2-3H2,1H3;1H3,(H,3,4). The van der Waals surface area contributed by atoms with E-state index in [0.717, 1.165) is 12.7 Å². The summed E-state index contributed by atoms with van der Waals surface area (Å²) in [6, 6.07) is 0.